The number of hydrogen-bond donors (Lipinski definition) is 0. The molecule has 1 heterocycles. The van der Waals surface area contributed by atoms with Gasteiger partial charge in [0, 0.05) is 25.9 Å². The van der Waals surface area contributed by atoms with Crippen LogP contribution in [0.15, 0.2) is 48.8 Å². The van der Waals surface area contributed by atoms with Crippen molar-refractivity contribution < 1.29 is 9.53 Å². The summed E-state index contributed by atoms with van der Waals surface area (Å²) in [7, 11) is 1.84. The molecule has 23 heavy (non-hydrogen) atoms. The van der Waals surface area contributed by atoms with E-state index in [0.29, 0.717) is 19.4 Å². The Hall–Kier alpha value is -2.36. The van der Waals surface area contributed by atoms with Crippen LogP contribution >= 0.6 is 0 Å². The number of ether oxygens (including phenoxy) is 1. The van der Waals surface area contributed by atoms with E-state index in [2.05, 4.69) is 4.98 Å². The number of benzene rings is 1. The number of aromatic nitrogens is 1. The van der Waals surface area contributed by atoms with Crippen LogP contribution in [0.2, 0.25) is 0 Å². The molecule has 1 atom stereocenters. The van der Waals surface area contributed by atoms with Crippen LogP contribution in [0, 0.1) is 6.92 Å². The van der Waals surface area contributed by atoms with Crippen molar-refractivity contribution in [3.63, 3.8) is 0 Å². The van der Waals surface area contributed by atoms with Crippen LogP contribution in [0.4, 0.5) is 0 Å². The van der Waals surface area contributed by atoms with Crippen molar-refractivity contribution in [2.45, 2.75) is 32.7 Å². The summed E-state index contributed by atoms with van der Waals surface area (Å²) in [6.07, 6.45) is 4.69. The molecule has 2 aromatic rings. The van der Waals surface area contributed by atoms with E-state index in [1.165, 1.54) is 0 Å². The van der Waals surface area contributed by atoms with E-state index in [1.807, 2.05) is 57.3 Å². The van der Waals surface area contributed by atoms with Crippen molar-refractivity contribution in [2.24, 2.45) is 0 Å². The number of carbonyl (C=O) groups excluding carboxylic acids is 1. The number of pyridine rings is 1. The molecule has 0 spiro atoms. The van der Waals surface area contributed by atoms with E-state index in [9.17, 15) is 4.79 Å². The Morgan fingerprint density at radius 1 is 1.22 bits per heavy atom. The highest BCUT2D eigenvalue weighted by Gasteiger charge is 2.16. The van der Waals surface area contributed by atoms with Gasteiger partial charge in [0.15, 0.2) is 0 Å². The summed E-state index contributed by atoms with van der Waals surface area (Å²) in [6.45, 7) is 4.59. The Kier molecular flexibility index (Phi) is 6.15. The van der Waals surface area contributed by atoms with Crippen LogP contribution < -0.4 is 4.74 Å². The van der Waals surface area contributed by atoms with E-state index in [4.69, 9.17) is 4.74 Å². The highest BCUT2D eigenvalue weighted by Crippen LogP contribution is 2.19. The molecule has 1 unspecified atom stereocenters. The SMILES string of the molecule is Cc1ccccc1OCCCC(=O)N(C)C(C)c1ccncc1. The van der Waals surface area contributed by atoms with Crippen molar-refractivity contribution in [1.29, 1.82) is 0 Å². The molecular weight excluding hydrogens is 288 g/mol. The molecular formula is C19H24N2O2. The molecule has 0 aliphatic rings. The second-order valence-corrected chi connectivity index (χ2v) is 5.68. The normalized spacial score (nSPS) is 11.8. The minimum Gasteiger partial charge on any atom is -0.493 e. The van der Waals surface area contributed by atoms with Crippen molar-refractivity contribution in [2.75, 3.05) is 13.7 Å². The summed E-state index contributed by atoms with van der Waals surface area (Å²) >= 11 is 0. The summed E-state index contributed by atoms with van der Waals surface area (Å²) in [5, 5.41) is 0. The maximum atomic E-state index is 12.3. The third-order valence-electron chi connectivity index (χ3n) is 4.05. The Morgan fingerprint density at radius 3 is 2.61 bits per heavy atom. The second kappa shape index (κ2) is 8.32. The highest BCUT2D eigenvalue weighted by atomic mass is 16.5. The molecule has 1 aromatic carbocycles. The fraction of sp³-hybridized carbons (Fsp3) is 0.368. The van der Waals surface area contributed by atoms with Crippen molar-refractivity contribution in [1.82, 2.24) is 9.88 Å². The van der Waals surface area contributed by atoms with E-state index in [1.54, 1.807) is 17.3 Å². The van der Waals surface area contributed by atoms with Gasteiger partial charge in [-0.2, -0.15) is 0 Å². The monoisotopic (exact) mass is 312 g/mol. The largest absolute Gasteiger partial charge is 0.493 e. The van der Waals surface area contributed by atoms with E-state index >= 15 is 0 Å². The number of aryl methyl sites for hydroxylation is 1. The topological polar surface area (TPSA) is 42.4 Å². The van der Waals surface area contributed by atoms with Crippen molar-refractivity contribution >= 4 is 5.91 Å². The van der Waals surface area contributed by atoms with Crippen molar-refractivity contribution in [3.05, 3.63) is 59.9 Å². The van der Waals surface area contributed by atoms with Crippen LogP contribution in [0.1, 0.15) is 36.9 Å². The van der Waals surface area contributed by atoms with Crippen molar-refractivity contribution in [3.8, 4) is 5.75 Å². The van der Waals surface area contributed by atoms with Crippen LogP contribution in [-0.4, -0.2) is 29.4 Å². The van der Waals surface area contributed by atoms with Crippen LogP contribution in [0.25, 0.3) is 0 Å². The lowest BCUT2D eigenvalue weighted by Crippen LogP contribution is -2.29. The number of carbonyl (C=O) groups is 1. The summed E-state index contributed by atoms with van der Waals surface area (Å²) < 4.78 is 5.73. The molecule has 0 aliphatic heterocycles. The molecule has 0 fully saturated rings. The highest BCUT2D eigenvalue weighted by molar-refractivity contribution is 5.76. The molecule has 2 rings (SSSR count). The van der Waals surface area contributed by atoms with Gasteiger partial charge in [-0.1, -0.05) is 18.2 Å². The predicted octanol–water partition coefficient (Wildman–Crippen LogP) is 3.77. The standard InChI is InChI=1S/C19H24N2O2/c1-15-7-4-5-8-18(15)23-14-6-9-19(22)21(3)16(2)17-10-12-20-13-11-17/h4-5,7-8,10-13,16H,6,9,14H2,1-3H3. The van der Waals surface area contributed by atoms with Gasteiger partial charge in [-0.15, -0.1) is 0 Å². The van der Waals surface area contributed by atoms with Gasteiger partial charge < -0.3 is 9.64 Å². The third kappa shape index (κ3) is 4.81. The molecule has 0 saturated heterocycles. The minimum absolute atomic E-state index is 0.0442. The van der Waals surface area contributed by atoms with Gasteiger partial charge in [0.1, 0.15) is 5.75 Å². The number of rotatable bonds is 7. The Balaban J connectivity index is 1.77. The molecule has 122 valence electrons. The maximum Gasteiger partial charge on any atom is 0.222 e. The molecule has 1 aromatic heterocycles. The van der Waals surface area contributed by atoms with Gasteiger partial charge in [0.25, 0.3) is 0 Å². The minimum atomic E-state index is 0.0442. The lowest BCUT2D eigenvalue weighted by molar-refractivity contribution is -0.132. The zero-order valence-electron chi connectivity index (χ0n) is 14.0. The van der Waals surface area contributed by atoms with Gasteiger partial charge >= 0.3 is 0 Å². The maximum absolute atomic E-state index is 12.3. The Bertz CT molecular complexity index is 628. The smallest absolute Gasteiger partial charge is 0.222 e. The molecule has 4 nitrogen and oxygen atoms in total. The fourth-order valence-electron chi connectivity index (χ4n) is 2.38. The van der Waals surface area contributed by atoms with Crippen LogP contribution in [0.3, 0.4) is 0 Å². The lowest BCUT2D eigenvalue weighted by Gasteiger charge is -2.25. The van der Waals surface area contributed by atoms with Gasteiger partial charge in [-0.05, 0) is 49.6 Å². The number of nitrogens with zero attached hydrogens (tertiary/aromatic N) is 2. The van der Waals surface area contributed by atoms with Gasteiger partial charge in [0.2, 0.25) is 5.91 Å². The average Bonchev–Trinajstić information content (AvgIpc) is 2.59. The summed E-state index contributed by atoms with van der Waals surface area (Å²) in [5.74, 6) is 1.01. The molecule has 0 N–H and O–H groups in total. The summed E-state index contributed by atoms with van der Waals surface area (Å²) in [4.78, 5) is 18.1. The van der Waals surface area contributed by atoms with Crippen LogP contribution in [-0.2, 0) is 4.79 Å². The molecule has 0 radical (unpaired) electrons. The first-order valence-corrected chi connectivity index (χ1v) is 7.93. The lowest BCUT2D eigenvalue weighted by atomic mass is 10.1. The molecule has 0 saturated carbocycles. The van der Waals surface area contributed by atoms with Gasteiger partial charge in [-0.3, -0.25) is 9.78 Å². The Morgan fingerprint density at radius 2 is 1.91 bits per heavy atom. The van der Waals surface area contributed by atoms with Gasteiger partial charge in [0.05, 0.1) is 12.6 Å². The van der Waals surface area contributed by atoms with Crippen LogP contribution in [0.5, 0.6) is 5.75 Å². The third-order valence-corrected chi connectivity index (χ3v) is 4.05. The number of hydrogen-bond acceptors (Lipinski definition) is 3. The fourth-order valence-corrected chi connectivity index (χ4v) is 2.38. The molecule has 0 aliphatic carbocycles. The number of amides is 1. The van der Waals surface area contributed by atoms with E-state index in [-0.39, 0.29) is 11.9 Å². The summed E-state index contributed by atoms with van der Waals surface area (Å²) in [5.41, 5.74) is 2.20. The predicted molar refractivity (Wildman–Crippen MR) is 91.3 cm³/mol. The van der Waals surface area contributed by atoms with Gasteiger partial charge in [-0.25, -0.2) is 0 Å². The zero-order valence-corrected chi connectivity index (χ0v) is 14.0. The quantitative estimate of drug-likeness (QED) is 0.731. The summed E-state index contributed by atoms with van der Waals surface area (Å²) in [6, 6.07) is 11.8. The molecule has 4 heteroatoms. The van der Waals surface area contributed by atoms with E-state index < -0.39 is 0 Å². The number of para-hydroxylation sites is 1. The first-order valence-electron chi connectivity index (χ1n) is 7.93. The molecule has 1 amide bonds. The average molecular weight is 312 g/mol. The Labute approximate surface area is 138 Å². The first-order chi connectivity index (χ1) is 11.1. The first kappa shape index (κ1) is 17.0. The molecule has 0 bridgehead atoms. The zero-order chi connectivity index (χ0) is 16.7. The van der Waals surface area contributed by atoms with E-state index in [0.717, 1.165) is 16.9 Å². The second-order valence-electron chi connectivity index (χ2n) is 5.68.